The number of hydrogen-bond acceptors (Lipinski definition) is 5. The van der Waals surface area contributed by atoms with Gasteiger partial charge < -0.3 is 14.5 Å². The van der Waals surface area contributed by atoms with Crippen molar-refractivity contribution in [1.29, 1.82) is 0 Å². The molecule has 0 aliphatic carbocycles. The molecule has 0 bridgehead atoms. The van der Waals surface area contributed by atoms with Gasteiger partial charge in [-0.2, -0.15) is 0 Å². The minimum atomic E-state index is 0.391. The Bertz CT molecular complexity index is 281. The topological polar surface area (TPSA) is 60.2 Å². The van der Waals surface area contributed by atoms with E-state index in [9.17, 15) is 0 Å². The Labute approximate surface area is 82.8 Å². The molecule has 78 valence electrons. The summed E-state index contributed by atoms with van der Waals surface area (Å²) >= 11 is 0. The van der Waals surface area contributed by atoms with Gasteiger partial charge in [0.05, 0.1) is 6.54 Å². The average Bonchev–Trinajstić information content (AvgIpc) is 2.68. The van der Waals surface area contributed by atoms with Crippen LogP contribution in [0.3, 0.4) is 0 Å². The minimum Gasteiger partial charge on any atom is -0.424 e. The zero-order valence-electron chi connectivity index (χ0n) is 8.32. The highest BCUT2D eigenvalue weighted by Gasteiger charge is 2.21. The molecule has 0 spiro atoms. The standard InChI is InChI=1S/C9H15N3O2/c1-10-6-8-11-12-9(14-8)7-2-4-13-5-3-7/h7,10H,2-6H2,1H3. The second-order valence-electron chi connectivity index (χ2n) is 3.45. The zero-order chi connectivity index (χ0) is 9.80. The third kappa shape index (κ3) is 2.10. The predicted molar refractivity (Wildman–Crippen MR) is 49.9 cm³/mol. The van der Waals surface area contributed by atoms with Gasteiger partial charge in [0.2, 0.25) is 11.8 Å². The number of ether oxygens (including phenoxy) is 1. The zero-order valence-corrected chi connectivity index (χ0v) is 8.32. The van der Waals surface area contributed by atoms with E-state index in [-0.39, 0.29) is 0 Å². The molecule has 1 aromatic rings. The summed E-state index contributed by atoms with van der Waals surface area (Å²) in [5.74, 6) is 1.81. The summed E-state index contributed by atoms with van der Waals surface area (Å²) in [4.78, 5) is 0. The Morgan fingerprint density at radius 3 is 2.86 bits per heavy atom. The summed E-state index contributed by atoms with van der Waals surface area (Å²) in [6.07, 6.45) is 1.97. The fourth-order valence-electron chi connectivity index (χ4n) is 1.60. The van der Waals surface area contributed by atoms with E-state index >= 15 is 0 Å². The summed E-state index contributed by atoms with van der Waals surface area (Å²) in [5, 5.41) is 11.0. The highest BCUT2D eigenvalue weighted by atomic mass is 16.5. The van der Waals surface area contributed by atoms with Gasteiger partial charge in [-0.3, -0.25) is 0 Å². The number of nitrogens with zero attached hydrogens (tertiary/aromatic N) is 2. The molecule has 1 N–H and O–H groups in total. The molecule has 1 aliphatic rings. The maximum Gasteiger partial charge on any atom is 0.230 e. The summed E-state index contributed by atoms with van der Waals surface area (Å²) in [6, 6.07) is 0. The van der Waals surface area contributed by atoms with Crippen molar-refractivity contribution in [2.75, 3.05) is 20.3 Å². The van der Waals surface area contributed by atoms with Gasteiger partial charge >= 0.3 is 0 Å². The number of aromatic nitrogens is 2. The van der Waals surface area contributed by atoms with Crippen molar-refractivity contribution in [2.24, 2.45) is 0 Å². The lowest BCUT2D eigenvalue weighted by atomic mass is 10.0. The van der Waals surface area contributed by atoms with Crippen LogP contribution in [0.25, 0.3) is 0 Å². The van der Waals surface area contributed by atoms with E-state index in [4.69, 9.17) is 9.15 Å². The SMILES string of the molecule is CNCc1nnc(C2CCOCC2)o1. The molecule has 0 aromatic carbocycles. The first-order chi connectivity index (χ1) is 6.90. The van der Waals surface area contributed by atoms with Crippen LogP contribution in [-0.4, -0.2) is 30.5 Å². The van der Waals surface area contributed by atoms with Crippen LogP contribution >= 0.6 is 0 Å². The fourth-order valence-corrected chi connectivity index (χ4v) is 1.60. The van der Waals surface area contributed by atoms with Gasteiger partial charge in [-0.05, 0) is 19.9 Å². The van der Waals surface area contributed by atoms with E-state index in [0.29, 0.717) is 18.4 Å². The van der Waals surface area contributed by atoms with E-state index in [1.807, 2.05) is 7.05 Å². The van der Waals surface area contributed by atoms with Crippen LogP contribution in [0.2, 0.25) is 0 Å². The largest absolute Gasteiger partial charge is 0.424 e. The molecule has 5 nitrogen and oxygen atoms in total. The van der Waals surface area contributed by atoms with E-state index in [1.165, 1.54) is 0 Å². The summed E-state index contributed by atoms with van der Waals surface area (Å²) in [6.45, 7) is 2.24. The molecule has 0 saturated carbocycles. The van der Waals surface area contributed by atoms with E-state index in [2.05, 4.69) is 15.5 Å². The maximum atomic E-state index is 5.52. The van der Waals surface area contributed by atoms with E-state index in [0.717, 1.165) is 31.9 Å². The molecule has 14 heavy (non-hydrogen) atoms. The van der Waals surface area contributed by atoms with Gasteiger partial charge in [-0.15, -0.1) is 10.2 Å². The lowest BCUT2D eigenvalue weighted by molar-refractivity contribution is 0.0791. The first-order valence-corrected chi connectivity index (χ1v) is 4.95. The molecular weight excluding hydrogens is 182 g/mol. The summed E-state index contributed by atoms with van der Waals surface area (Å²) in [7, 11) is 1.86. The molecule has 0 amide bonds. The lowest BCUT2D eigenvalue weighted by Gasteiger charge is -2.18. The van der Waals surface area contributed by atoms with Gasteiger partial charge in [0.15, 0.2) is 0 Å². The normalized spacial score (nSPS) is 18.6. The second-order valence-corrected chi connectivity index (χ2v) is 3.45. The van der Waals surface area contributed by atoms with Gasteiger partial charge in [0.1, 0.15) is 0 Å². The van der Waals surface area contributed by atoms with Crippen molar-refractivity contribution < 1.29 is 9.15 Å². The molecule has 0 unspecified atom stereocenters. The van der Waals surface area contributed by atoms with Gasteiger partial charge in [-0.25, -0.2) is 0 Å². The van der Waals surface area contributed by atoms with Crippen LogP contribution in [-0.2, 0) is 11.3 Å². The third-order valence-electron chi connectivity index (χ3n) is 2.38. The van der Waals surface area contributed by atoms with E-state index in [1.54, 1.807) is 0 Å². The van der Waals surface area contributed by atoms with Crippen molar-refractivity contribution in [3.63, 3.8) is 0 Å². The first-order valence-electron chi connectivity index (χ1n) is 4.95. The van der Waals surface area contributed by atoms with Gasteiger partial charge in [0.25, 0.3) is 0 Å². The minimum absolute atomic E-state index is 0.391. The Kier molecular flexibility index (Phi) is 3.10. The van der Waals surface area contributed by atoms with Crippen LogP contribution in [0.1, 0.15) is 30.5 Å². The summed E-state index contributed by atoms with van der Waals surface area (Å²) < 4.78 is 10.8. The van der Waals surface area contributed by atoms with Crippen LogP contribution in [0.15, 0.2) is 4.42 Å². The quantitative estimate of drug-likeness (QED) is 0.772. The van der Waals surface area contributed by atoms with Crippen LogP contribution in [0.4, 0.5) is 0 Å². The molecule has 0 radical (unpaired) electrons. The molecule has 2 heterocycles. The first kappa shape index (κ1) is 9.61. The molecule has 1 fully saturated rings. The van der Waals surface area contributed by atoms with Crippen molar-refractivity contribution >= 4 is 0 Å². The Balaban J connectivity index is 2.00. The van der Waals surface area contributed by atoms with Crippen molar-refractivity contribution in [3.05, 3.63) is 11.8 Å². The third-order valence-corrected chi connectivity index (χ3v) is 2.38. The van der Waals surface area contributed by atoms with Crippen LogP contribution in [0, 0.1) is 0 Å². The highest BCUT2D eigenvalue weighted by Crippen LogP contribution is 2.25. The van der Waals surface area contributed by atoms with Crippen molar-refractivity contribution in [2.45, 2.75) is 25.3 Å². The number of nitrogens with one attached hydrogen (secondary N) is 1. The number of rotatable bonds is 3. The van der Waals surface area contributed by atoms with Crippen LogP contribution in [0.5, 0.6) is 0 Å². The lowest BCUT2D eigenvalue weighted by Crippen LogP contribution is -2.14. The second kappa shape index (κ2) is 4.52. The van der Waals surface area contributed by atoms with Crippen molar-refractivity contribution in [3.8, 4) is 0 Å². The highest BCUT2D eigenvalue weighted by molar-refractivity contribution is 4.92. The molecular formula is C9H15N3O2. The Morgan fingerprint density at radius 1 is 1.36 bits per heavy atom. The molecule has 1 aliphatic heterocycles. The smallest absolute Gasteiger partial charge is 0.230 e. The molecule has 5 heteroatoms. The monoisotopic (exact) mass is 197 g/mol. The molecule has 2 rings (SSSR count). The predicted octanol–water partition coefficient (Wildman–Crippen LogP) is 0.683. The maximum absolute atomic E-state index is 5.52. The molecule has 0 atom stereocenters. The average molecular weight is 197 g/mol. The van der Waals surface area contributed by atoms with Crippen molar-refractivity contribution in [1.82, 2.24) is 15.5 Å². The summed E-state index contributed by atoms with van der Waals surface area (Å²) in [5.41, 5.74) is 0. The molecule has 1 saturated heterocycles. The van der Waals surface area contributed by atoms with E-state index < -0.39 is 0 Å². The Hall–Kier alpha value is -0.940. The molecule has 1 aromatic heterocycles. The fraction of sp³-hybridized carbons (Fsp3) is 0.778. The van der Waals surface area contributed by atoms with Gasteiger partial charge in [0, 0.05) is 19.1 Å². The Morgan fingerprint density at radius 2 is 2.14 bits per heavy atom. The van der Waals surface area contributed by atoms with Gasteiger partial charge in [-0.1, -0.05) is 0 Å². The number of hydrogen-bond donors (Lipinski definition) is 1. The van der Waals surface area contributed by atoms with Crippen LogP contribution < -0.4 is 5.32 Å².